The van der Waals surface area contributed by atoms with E-state index in [4.69, 9.17) is 4.74 Å². The largest absolute Gasteiger partial charge is 0.497 e. The molecular weight excluding hydrogens is 242 g/mol. The molecule has 106 valence electrons. The van der Waals surface area contributed by atoms with Crippen molar-refractivity contribution in [3.63, 3.8) is 0 Å². The van der Waals surface area contributed by atoms with Gasteiger partial charge in [-0.3, -0.25) is 0 Å². The highest BCUT2D eigenvalue weighted by Crippen LogP contribution is 2.27. The predicted molar refractivity (Wildman–Crippen MR) is 77.3 cm³/mol. The van der Waals surface area contributed by atoms with Crippen molar-refractivity contribution >= 4 is 11.7 Å². The molecular formula is C15H23NO3. The van der Waals surface area contributed by atoms with Crippen LogP contribution in [0.5, 0.6) is 5.75 Å². The molecule has 4 nitrogen and oxygen atoms in total. The van der Waals surface area contributed by atoms with Crippen LogP contribution in [0.4, 0.5) is 5.69 Å². The van der Waals surface area contributed by atoms with Gasteiger partial charge in [-0.05, 0) is 25.0 Å². The summed E-state index contributed by atoms with van der Waals surface area (Å²) in [5.74, 6) is 0.302. The van der Waals surface area contributed by atoms with Crippen LogP contribution < -0.4 is 9.64 Å². The highest BCUT2D eigenvalue weighted by molar-refractivity contribution is 5.94. The van der Waals surface area contributed by atoms with E-state index in [2.05, 4.69) is 18.7 Å². The zero-order chi connectivity index (χ0) is 14.4. The molecule has 1 rings (SSSR count). The third-order valence-electron chi connectivity index (χ3n) is 3.39. The average Bonchev–Trinajstić information content (AvgIpc) is 2.43. The monoisotopic (exact) mass is 265 g/mol. The highest BCUT2D eigenvalue weighted by atomic mass is 16.5. The van der Waals surface area contributed by atoms with E-state index in [9.17, 15) is 9.90 Å². The molecule has 0 aliphatic rings. The number of anilines is 1. The van der Waals surface area contributed by atoms with Crippen LogP contribution in [0.2, 0.25) is 0 Å². The first-order valence-corrected chi connectivity index (χ1v) is 6.69. The molecule has 0 aromatic heterocycles. The number of rotatable bonds is 7. The Morgan fingerprint density at radius 2 is 2.11 bits per heavy atom. The number of methoxy groups -OCH3 is 1. The lowest BCUT2D eigenvalue weighted by Crippen LogP contribution is -2.29. The quantitative estimate of drug-likeness (QED) is 0.822. The number of hydrogen-bond donors (Lipinski definition) is 1. The molecule has 0 spiro atoms. The minimum absolute atomic E-state index is 0.325. The second-order valence-corrected chi connectivity index (χ2v) is 4.74. The Morgan fingerprint density at radius 3 is 2.58 bits per heavy atom. The van der Waals surface area contributed by atoms with Gasteiger partial charge in [-0.15, -0.1) is 0 Å². The summed E-state index contributed by atoms with van der Waals surface area (Å²) in [7, 11) is 1.59. The molecule has 1 N–H and O–H groups in total. The van der Waals surface area contributed by atoms with Gasteiger partial charge in [-0.1, -0.05) is 20.3 Å². The van der Waals surface area contributed by atoms with Crippen molar-refractivity contribution in [2.75, 3.05) is 25.1 Å². The van der Waals surface area contributed by atoms with E-state index in [-0.39, 0.29) is 0 Å². The predicted octanol–water partition coefficient (Wildman–Crippen LogP) is 3.27. The zero-order valence-corrected chi connectivity index (χ0v) is 12.1. The number of aromatic carboxylic acids is 1. The lowest BCUT2D eigenvalue weighted by molar-refractivity contribution is 0.0697. The molecule has 1 aromatic rings. The van der Waals surface area contributed by atoms with E-state index < -0.39 is 5.97 Å². The smallest absolute Gasteiger partial charge is 0.337 e. The number of hydrogen-bond acceptors (Lipinski definition) is 3. The Labute approximate surface area is 115 Å². The maximum atomic E-state index is 11.3. The number of carbonyl (C=O) groups is 1. The minimum Gasteiger partial charge on any atom is -0.497 e. The maximum Gasteiger partial charge on any atom is 0.337 e. The summed E-state index contributed by atoms with van der Waals surface area (Å²) in [6.07, 6.45) is 1.07. The number of carboxylic acid groups (broad SMARTS) is 1. The van der Waals surface area contributed by atoms with Crippen molar-refractivity contribution in [3.8, 4) is 5.75 Å². The third kappa shape index (κ3) is 3.88. The van der Waals surface area contributed by atoms with Crippen molar-refractivity contribution in [2.45, 2.75) is 27.2 Å². The van der Waals surface area contributed by atoms with E-state index in [1.54, 1.807) is 25.3 Å². The van der Waals surface area contributed by atoms with Gasteiger partial charge in [-0.25, -0.2) is 4.79 Å². The lowest BCUT2D eigenvalue weighted by Gasteiger charge is -2.27. The number of benzene rings is 1. The van der Waals surface area contributed by atoms with E-state index in [1.165, 1.54) is 0 Å². The average molecular weight is 265 g/mol. The summed E-state index contributed by atoms with van der Waals surface area (Å²) in [6, 6.07) is 5.09. The molecule has 0 bridgehead atoms. The van der Waals surface area contributed by atoms with Crippen molar-refractivity contribution in [3.05, 3.63) is 23.8 Å². The van der Waals surface area contributed by atoms with Crippen LogP contribution in [-0.4, -0.2) is 31.3 Å². The molecule has 0 radical (unpaired) electrons. The van der Waals surface area contributed by atoms with E-state index in [0.29, 0.717) is 17.2 Å². The Bertz CT molecular complexity index is 431. The van der Waals surface area contributed by atoms with Gasteiger partial charge in [0.1, 0.15) is 5.75 Å². The second-order valence-electron chi connectivity index (χ2n) is 4.74. The van der Waals surface area contributed by atoms with Gasteiger partial charge in [0.15, 0.2) is 0 Å². The van der Waals surface area contributed by atoms with Gasteiger partial charge in [0.05, 0.1) is 18.4 Å². The Balaban J connectivity index is 3.15. The molecule has 0 amide bonds. The maximum absolute atomic E-state index is 11.3. The zero-order valence-electron chi connectivity index (χ0n) is 12.1. The van der Waals surface area contributed by atoms with Crippen LogP contribution in [0.1, 0.15) is 37.6 Å². The standard InChI is InChI=1S/C15H23NO3/c1-5-11(3)10-16(6-2)14-9-12(19-4)7-8-13(14)15(17)18/h7-9,11H,5-6,10H2,1-4H3,(H,17,18). The van der Waals surface area contributed by atoms with Crippen LogP contribution in [0, 0.1) is 5.92 Å². The van der Waals surface area contributed by atoms with Crippen LogP contribution in [-0.2, 0) is 0 Å². The van der Waals surface area contributed by atoms with Gasteiger partial charge in [0, 0.05) is 19.2 Å². The summed E-state index contributed by atoms with van der Waals surface area (Å²) in [5.41, 5.74) is 1.06. The summed E-state index contributed by atoms with van der Waals surface area (Å²) < 4.78 is 5.20. The normalized spacial score (nSPS) is 12.0. The van der Waals surface area contributed by atoms with Crippen LogP contribution in [0.15, 0.2) is 18.2 Å². The van der Waals surface area contributed by atoms with Crippen LogP contribution in [0.25, 0.3) is 0 Å². The van der Waals surface area contributed by atoms with Gasteiger partial charge in [0.25, 0.3) is 0 Å². The summed E-state index contributed by atoms with van der Waals surface area (Å²) >= 11 is 0. The Morgan fingerprint density at radius 1 is 1.42 bits per heavy atom. The first-order chi connectivity index (χ1) is 9.03. The lowest BCUT2D eigenvalue weighted by atomic mass is 10.1. The molecule has 1 aromatic carbocycles. The molecule has 0 saturated heterocycles. The number of carboxylic acids is 1. The molecule has 0 aliphatic carbocycles. The van der Waals surface area contributed by atoms with Crippen LogP contribution in [0.3, 0.4) is 0 Å². The van der Waals surface area contributed by atoms with Crippen molar-refractivity contribution in [1.82, 2.24) is 0 Å². The number of nitrogens with zero attached hydrogens (tertiary/aromatic N) is 1. The highest BCUT2D eigenvalue weighted by Gasteiger charge is 2.17. The topological polar surface area (TPSA) is 49.8 Å². The van der Waals surface area contributed by atoms with E-state index in [1.807, 2.05) is 6.92 Å². The van der Waals surface area contributed by atoms with Crippen molar-refractivity contribution in [1.29, 1.82) is 0 Å². The molecule has 0 aliphatic heterocycles. The molecule has 0 fully saturated rings. The SMILES string of the molecule is CCC(C)CN(CC)c1cc(OC)ccc1C(=O)O. The Kier molecular flexibility index (Phi) is 5.67. The molecule has 1 atom stereocenters. The summed E-state index contributed by atoms with van der Waals surface area (Å²) in [4.78, 5) is 13.4. The second kappa shape index (κ2) is 7.02. The fourth-order valence-corrected chi connectivity index (χ4v) is 1.98. The molecule has 0 saturated carbocycles. The van der Waals surface area contributed by atoms with Gasteiger partial charge < -0.3 is 14.7 Å². The summed E-state index contributed by atoms with van der Waals surface area (Å²) in [5, 5.41) is 9.30. The molecule has 0 heterocycles. The van der Waals surface area contributed by atoms with Crippen molar-refractivity contribution < 1.29 is 14.6 Å². The molecule has 19 heavy (non-hydrogen) atoms. The Hall–Kier alpha value is -1.71. The fraction of sp³-hybridized carbons (Fsp3) is 0.533. The van der Waals surface area contributed by atoms with E-state index in [0.717, 1.165) is 25.2 Å². The third-order valence-corrected chi connectivity index (χ3v) is 3.39. The molecule has 1 unspecified atom stereocenters. The van der Waals surface area contributed by atoms with Gasteiger partial charge in [-0.2, -0.15) is 0 Å². The number of ether oxygens (including phenoxy) is 1. The van der Waals surface area contributed by atoms with Crippen molar-refractivity contribution in [2.24, 2.45) is 5.92 Å². The van der Waals surface area contributed by atoms with Gasteiger partial charge >= 0.3 is 5.97 Å². The van der Waals surface area contributed by atoms with Crippen LogP contribution >= 0.6 is 0 Å². The first kappa shape index (κ1) is 15.3. The summed E-state index contributed by atoms with van der Waals surface area (Å²) in [6.45, 7) is 7.97. The molecule has 4 heteroatoms. The van der Waals surface area contributed by atoms with Gasteiger partial charge in [0.2, 0.25) is 0 Å². The van der Waals surface area contributed by atoms with E-state index >= 15 is 0 Å². The fourth-order valence-electron chi connectivity index (χ4n) is 1.98. The first-order valence-electron chi connectivity index (χ1n) is 6.69. The minimum atomic E-state index is -0.903.